The molecule has 0 fully saturated rings. The highest BCUT2D eigenvalue weighted by Gasteiger charge is 2.08. The van der Waals surface area contributed by atoms with Crippen molar-refractivity contribution in [1.29, 1.82) is 0 Å². The minimum atomic E-state index is 0.189. The van der Waals surface area contributed by atoms with Crippen molar-refractivity contribution in [3.63, 3.8) is 0 Å². The van der Waals surface area contributed by atoms with Crippen LogP contribution in [0.2, 0.25) is 0 Å². The van der Waals surface area contributed by atoms with E-state index in [1.165, 1.54) is 16.7 Å². The molecule has 1 aromatic carbocycles. The summed E-state index contributed by atoms with van der Waals surface area (Å²) in [7, 11) is 0. The fourth-order valence-corrected chi connectivity index (χ4v) is 1.87. The molecular weight excluding hydrogens is 170 g/mol. The van der Waals surface area contributed by atoms with Gasteiger partial charge in [-0.3, -0.25) is 0 Å². The van der Waals surface area contributed by atoms with Crippen molar-refractivity contribution in [3.05, 3.63) is 34.9 Å². The van der Waals surface area contributed by atoms with Gasteiger partial charge in [0.1, 0.15) is 0 Å². The SMILES string of the molecule is Cc1cc(C)cc([C@@H](N)CC(C)C)c1. The van der Waals surface area contributed by atoms with E-state index in [0.717, 1.165) is 6.42 Å². The summed E-state index contributed by atoms with van der Waals surface area (Å²) in [6.45, 7) is 8.67. The van der Waals surface area contributed by atoms with Gasteiger partial charge in [0.25, 0.3) is 0 Å². The molecule has 0 unspecified atom stereocenters. The average Bonchev–Trinajstić information content (AvgIpc) is 2.00. The average molecular weight is 191 g/mol. The van der Waals surface area contributed by atoms with Gasteiger partial charge in [-0.05, 0) is 31.7 Å². The van der Waals surface area contributed by atoms with Crippen LogP contribution in [-0.2, 0) is 0 Å². The van der Waals surface area contributed by atoms with E-state index in [-0.39, 0.29) is 6.04 Å². The molecule has 0 saturated carbocycles. The maximum atomic E-state index is 6.13. The quantitative estimate of drug-likeness (QED) is 0.779. The van der Waals surface area contributed by atoms with Crippen molar-refractivity contribution >= 4 is 0 Å². The molecule has 0 radical (unpaired) electrons. The minimum absolute atomic E-state index is 0.189. The molecule has 0 aromatic heterocycles. The number of rotatable bonds is 3. The van der Waals surface area contributed by atoms with E-state index in [1.54, 1.807) is 0 Å². The summed E-state index contributed by atoms with van der Waals surface area (Å²) in [6.07, 6.45) is 1.06. The van der Waals surface area contributed by atoms with Crippen molar-refractivity contribution in [2.24, 2.45) is 11.7 Å². The minimum Gasteiger partial charge on any atom is -0.324 e. The third-order valence-corrected chi connectivity index (χ3v) is 2.40. The van der Waals surface area contributed by atoms with Crippen molar-refractivity contribution in [2.45, 2.75) is 40.2 Å². The Morgan fingerprint density at radius 2 is 1.57 bits per heavy atom. The highest BCUT2D eigenvalue weighted by Crippen LogP contribution is 2.20. The lowest BCUT2D eigenvalue weighted by Gasteiger charge is -2.15. The zero-order valence-corrected chi connectivity index (χ0v) is 9.67. The van der Waals surface area contributed by atoms with Crippen LogP contribution in [-0.4, -0.2) is 0 Å². The second-order valence-electron chi connectivity index (χ2n) is 4.66. The summed E-state index contributed by atoms with van der Waals surface area (Å²) >= 11 is 0. The first-order valence-electron chi connectivity index (χ1n) is 5.33. The smallest absolute Gasteiger partial charge is 0.0297 e. The lowest BCUT2D eigenvalue weighted by atomic mass is 9.95. The number of nitrogens with two attached hydrogens (primary N) is 1. The van der Waals surface area contributed by atoms with E-state index in [0.29, 0.717) is 5.92 Å². The number of aryl methyl sites for hydroxylation is 2. The number of benzene rings is 1. The Hall–Kier alpha value is -0.820. The summed E-state index contributed by atoms with van der Waals surface area (Å²) < 4.78 is 0. The largest absolute Gasteiger partial charge is 0.324 e. The second kappa shape index (κ2) is 4.61. The fourth-order valence-electron chi connectivity index (χ4n) is 1.87. The maximum Gasteiger partial charge on any atom is 0.0297 e. The van der Waals surface area contributed by atoms with Gasteiger partial charge in [0.15, 0.2) is 0 Å². The van der Waals surface area contributed by atoms with Gasteiger partial charge in [-0.25, -0.2) is 0 Å². The first-order valence-corrected chi connectivity index (χ1v) is 5.33. The standard InChI is InChI=1S/C13H21N/c1-9(2)5-13(14)12-7-10(3)6-11(4)8-12/h6-9,13H,5,14H2,1-4H3/t13-/m0/s1. The van der Waals surface area contributed by atoms with Crippen LogP contribution in [0.1, 0.15) is 43.0 Å². The lowest BCUT2D eigenvalue weighted by Crippen LogP contribution is -2.13. The Bertz CT molecular complexity index is 282. The molecule has 14 heavy (non-hydrogen) atoms. The van der Waals surface area contributed by atoms with E-state index < -0.39 is 0 Å². The molecule has 0 spiro atoms. The predicted molar refractivity (Wildman–Crippen MR) is 62.3 cm³/mol. The van der Waals surface area contributed by atoms with Gasteiger partial charge in [0.2, 0.25) is 0 Å². The molecule has 0 aliphatic heterocycles. The summed E-state index contributed by atoms with van der Waals surface area (Å²) in [6, 6.07) is 6.76. The summed E-state index contributed by atoms with van der Waals surface area (Å²) in [4.78, 5) is 0. The Balaban J connectivity index is 2.84. The van der Waals surface area contributed by atoms with Gasteiger partial charge in [-0.2, -0.15) is 0 Å². The molecule has 1 heteroatoms. The summed E-state index contributed by atoms with van der Waals surface area (Å²) in [5, 5.41) is 0. The monoisotopic (exact) mass is 191 g/mol. The first-order chi connectivity index (χ1) is 6.49. The molecule has 1 atom stereocenters. The van der Waals surface area contributed by atoms with E-state index in [1.807, 2.05) is 0 Å². The molecule has 0 amide bonds. The van der Waals surface area contributed by atoms with Gasteiger partial charge in [0, 0.05) is 6.04 Å². The van der Waals surface area contributed by atoms with Crippen LogP contribution < -0.4 is 5.73 Å². The van der Waals surface area contributed by atoms with Crippen LogP contribution in [0.5, 0.6) is 0 Å². The third-order valence-electron chi connectivity index (χ3n) is 2.40. The van der Waals surface area contributed by atoms with Crippen LogP contribution in [0.3, 0.4) is 0 Å². The lowest BCUT2D eigenvalue weighted by molar-refractivity contribution is 0.509. The Morgan fingerprint density at radius 1 is 1.07 bits per heavy atom. The van der Waals surface area contributed by atoms with Gasteiger partial charge < -0.3 is 5.73 Å². The zero-order chi connectivity index (χ0) is 10.7. The molecule has 0 heterocycles. The molecule has 1 nitrogen and oxygen atoms in total. The molecule has 1 rings (SSSR count). The van der Waals surface area contributed by atoms with Gasteiger partial charge in [-0.15, -0.1) is 0 Å². The zero-order valence-electron chi connectivity index (χ0n) is 9.67. The molecule has 78 valence electrons. The van der Waals surface area contributed by atoms with Crippen molar-refractivity contribution in [2.75, 3.05) is 0 Å². The van der Waals surface area contributed by atoms with E-state index in [4.69, 9.17) is 5.73 Å². The van der Waals surface area contributed by atoms with Gasteiger partial charge >= 0.3 is 0 Å². The molecule has 0 bridgehead atoms. The van der Waals surface area contributed by atoms with Crippen LogP contribution in [0.25, 0.3) is 0 Å². The van der Waals surface area contributed by atoms with Crippen LogP contribution in [0, 0.1) is 19.8 Å². The number of hydrogen-bond donors (Lipinski definition) is 1. The summed E-state index contributed by atoms with van der Waals surface area (Å²) in [5.41, 5.74) is 10.0. The van der Waals surface area contributed by atoms with E-state index in [9.17, 15) is 0 Å². The van der Waals surface area contributed by atoms with Crippen molar-refractivity contribution in [3.8, 4) is 0 Å². The topological polar surface area (TPSA) is 26.0 Å². The van der Waals surface area contributed by atoms with E-state index in [2.05, 4.69) is 45.9 Å². The summed E-state index contributed by atoms with van der Waals surface area (Å²) in [5.74, 6) is 0.658. The van der Waals surface area contributed by atoms with Gasteiger partial charge in [-0.1, -0.05) is 43.2 Å². The maximum absolute atomic E-state index is 6.13. The van der Waals surface area contributed by atoms with Crippen LogP contribution in [0.15, 0.2) is 18.2 Å². The van der Waals surface area contributed by atoms with E-state index >= 15 is 0 Å². The Kier molecular flexibility index (Phi) is 3.70. The third kappa shape index (κ3) is 3.15. The number of hydrogen-bond acceptors (Lipinski definition) is 1. The second-order valence-corrected chi connectivity index (χ2v) is 4.66. The molecular formula is C13H21N. The highest BCUT2D eigenvalue weighted by molar-refractivity contribution is 5.30. The molecule has 0 aliphatic rings. The Labute approximate surface area is 87.3 Å². The molecule has 1 aromatic rings. The van der Waals surface area contributed by atoms with Crippen LogP contribution in [0.4, 0.5) is 0 Å². The fraction of sp³-hybridized carbons (Fsp3) is 0.538. The van der Waals surface area contributed by atoms with Crippen molar-refractivity contribution in [1.82, 2.24) is 0 Å². The van der Waals surface area contributed by atoms with Gasteiger partial charge in [0.05, 0.1) is 0 Å². The normalized spacial score (nSPS) is 13.3. The first kappa shape index (κ1) is 11.3. The Morgan fingerprint density at radius 3 is 2.00 bits per heavy atom. The predicted octanol–water partition coefficient (Wildman–Crippen LogP) is 3.35. The molecule has 0 saturated heterocycles. The van der Waals surface area contributed by atoms with Crippen LogP contribution >= 0.6 is 0 Å². The molecule has 0 aliphatic carbocycles. The van der Waals surface area contributed by atoms with Crippen molar-refractivity contribution < 1.29 is 0 Å². The molecule has 2 N–H and O–H groups in total. The highest BCUT2D eigenvalue weighted by atomic mass is 14.6.